The summed E-state index contributed by atoms with van der Waals surface area (Å²) in [5.74, 6) is 0. The Bertz CT molecular complexity index is 148. The highest BCUT2D eigenvalue weighted by atomic mass is 31.1. The Labute approximate surface area is 117 Å². The lowest BCUT2D eigenvalue weighted by molar-refractivity contribution is 0.490. The fourth-order valence-corrected chi connectivity index (χ4v) is 5.38. The van der Waals surface area contributed by atoms with Crippen LogP contribution >= 0.6 is 8.58 Å². The third kappa shape index (κ3) is 7.78. The smallest absolute Gasteiger partial charge is 0.0234 e. The Morgan fingerprint density at radius 1 is 0.667 bits per heavy atom. The number of hydrogen-bond donors (Lipinski definition) is 0. The van der Waals surface area contributed by atoms with E-state index in [9.17, 15) is 0 Å². The minimum Gasteiger partial charge on any atom is -0.116 e. The zero-order valence-electron chi connectivity index (χ0n) is 12.8. The molecule has 0 bridgehead atoms. The SMILES string of the molecule is C1CCC(PC2CCCCC2)CC1.CCCCC. The van der Waals surface area contributed by atoms with Crippen molar-refractivity contribution in [2.45, 2.75) is 109 Å². The van der Waals surface area contributed by atoms with E-state index >= 15 is 0 Å². The third-order valence-electron chi connectivity index (χ3n) is 4.39. The largest absolute Gasteiger partial charge is 0.116 e. The van der Waals surface area contributed by atoms with Gasteiger partial charge in [0.15, 0.2) is 0 Å². The molecule has 0 spiro atoms. The number of rotatable bonds is 4. The highest BCUT2D eigenvalue weighted by molar-refractivity contribution is 7.39. The maximum atomic E-state index is 2.21. The van der Waals surface area contributed by atoms with E-state index in [1.54, 1.807) is 25.7 Å². The van der Waals surface area contributed by atoms with Gasteiger partial charge in [0.25, 0.3) is 0 Å². The van der Waals surface area contributed by atoms with E-state index in [1.807, 2.05) is 0 Å². The van der Waals surface area contributed by atoms with Gasteiger partial charge in [-0.15, -0.1) is 8.58 Å². The molecule has 2 fully saturated rings. The minimum atomic E-state index is 1.15. The van der Waals surface area contributed by atoms with E-state index in [-0.39, 0.29) is 0 Å². The van der Waals surface area contributed by atoms with Crippen LogP contribution < -0.4 is 0 Å². The molecule has 0 N–H and O–H groups in total. The number of unbranched alkanes of at least 4 members (excludes halogenated alkanes) is 2. The third-order valence-corrected chi connectivity index (χ3v) is 6.49. The van der Waals surface area contributed by atoms with Crippen molar-refractivity contribution >= 4 is 8.58 Å². The summed E-state index contributed by atoms with van der Waals surface area (Å²) in [5, 5.41) is 0. The monoisotopic (exact) mass is 270 g/mol. The molecule has 0 aromatic heterocycles. The quantitative estimate of drug-likeness (QED) is 0.510. The second-order valence-corrected chi connectivity index (χ2v) is 8.16. The van der Waals surface area contributed by atoms with Gasteiger partial charge in [0.1, 0.15) is 0 Å². The minimum absolute atomic E-state index is 1.15. The molecule has 0 aromatic rings. The average molecular weight is 270 g/mol. The molecule has 2 saturated carbocycles. The van der Waals surface area contributed by atoms with Crippen molar-refractivity contribution < 1.29 is 0 Å². The van der Waals surface area contributed by atoms with E-state index in [4.69, 9.17) is 0 Å². The predicted octanol–water partition coefficient (Wildman–Crippen LogP) is 6.53. The second kappa shape index (κ2) is 11.3. The predicted molar refractivity (Wildman–Crippen MR) is 87.3 cm³/mol. The lowest BCUT2D eigenvalue weighted by atomic mass is 10.00. The second-order valence-electron chi connectivity index (χ2n) is 6.19. The van der Waals surface area contributed by atoms with Crippen LogP contribution in [0.1, 0.15) is 97.3 Å². The molecule has 18 heavy (non-hydrogen) atoms. The molecule has 0 nitrogen and oxygen atoms in total. The van der Waals surface area contributed by atoms with E-state index < -0.39 is 0 Å². The lowest BCUT2D eigenvalue weighted by Crippen LogP contribution is -2.14. The van der Waals surface area contributed by atoms with Gasteiger partial charge < -0.3 is 0 Å². The van der Waals surface area contributed by atoms with E-state index in [2.05, 4.69) is 13.8 Å². The Hall–Kier alpha value is 0.430. The van der Waals surface area contributed by atoms with Crippen LogP contribution in [0.5, 0.6) is 0 Å². The molecule has 0 amide bonds. The van der Waals surface area contributed by atoms with Crippen molar-refractivity contribution in [3.8, 4) is 0 Å². The molecule has 0 saturated heterocycles. The lowest BCUT2D eigenvalue weighted by Gasteiger charge is -2.28. The highest BCUT2D eigenvalue weighted by Crippen LogP contribution is 2.41. The summed E-state index contributed by atoms with van der Waals surface area (Å²) in [5.41, 5.74) is 2.30. The van der Waals surface area contributed by atoms with Gasteiger partial charge in [-0.1, -0.05) is 71.6 Å². The van der Waals surface area contributed by atoms with Crippen molar-refractivity contribution in [2.24, 2.45) is 0 Å². The zero-order valence-corrected chi connectivity index (χ0v) is 13.8. The molecule has 2 rings (SSSR count). The first-order valence-electron chi connectivity index (χ1n) is 8.62. The van der Waals surface area contributed by atoms with E-state index in [0.29, 0.717) is 0 Å². The Kier molecular flexibility index (Phi) is 10.3. The van der Waals surface area contributed by atoms with Gasteiger partial charge in [-0.2, -0.15) is 0 Å². The Morgan fingerprint density at radius 3 is 1.33 bits per heavy atom. The normalized spacial score (nSPS) is 22.3. The van der Waals surface area contributed by atoms with Gasteiger partial charge in [-0.3, -0.25) is 0 Å². The van der Waals surface area contributed by atoms with Crippen LogP contribution in [-0.4, -0.2) is 11.3 Å². The first-order chi connectivity index (χ1) is 8.86. The summed E-state index contributed by atoms with van der Waals surface area (Å²) in [6.07, 6.45) is 19.5. The highest BCUT2D eigenvalue weighted by Gasteiger charge is 2.20. The zero-order chi connectivity index (χ0) is 13.1. The van der Waals surface area contributed by atoms with Crippen molar-refractivity contribution in [3.63, 3.8) is 0 Å². The maximum absolute atomic E-state index is 2.21. The summed E-state index contributed by atoms with van der Waals surface area (Å²) < 4.78 is 0. The molecule has 108 valence electrons. The van der Waals surface area contributed by atoms with Gasteiger partial charge in [0, 0.05) is 0 Å². The molecular formula is C17H35P. The molecule has 2 aliphatic carbocycles. The van der Waals surface area contributed by atoms with Gasteiger partial charge in [-0.25, -0.2) is 0 Å². The van der Waals surface area contributed by atoms with Crippen molar-refractivity contribution in [2.75, 3.05) is 0 Å². The fraction of sp³-hybridized carbons (Fsp3) is 1.00. The molecule has 0 radical (unpaired) electrons. The van der Waals surface area contributed by atoms with Crippen LogP contribution in [0.3, 0.4) is 0 Å². The van der Waals surface area contributed by atoms with Crippen molar-refractivity contribution in [1.82, 2.24) is 0 Å². The van der Waals surface area contributed by atoms with E-state index in [0.717, 1.165) is 11.3 Å². The summed E-state index contributed by atoms with van der Waals surface area (Å²) in [4.78, 5) is 0. The van der Waals surface area contributed by atoms with E-state index in [1.165, 1.54) is 66.4 Å². The molecule has 1 heteroatoms. The molecular weight excluding hydrogens is 235 g/mol. The molecule has 2 aliphatic rings. The molecule has 0 aliphatic heterocycles. The van der Waals surface area contributed by atoms with Crippen LogP contribution in [0.25, 0.3) is 0 Å². The first-order valence-corrected chi connectivity index (χ1v) is 9.78. The first kappa shape index (κ1) is 16.5. The topological polar surface area (TPSA) is 0 Å². The fourth-order valence-electron chi connectivity index (χ4n) is 3.23. The van der Waals surface area contributed by atoms with Crippen molar-refractivity contribution in [3.05, 3.63) is 0 Å². The molecule has 0 unspecified atom stereocenters. The maximum Gasteiger partial charge on any atom is -0.0234 e. The summed E-state index contributed by atoms with van der Waals surface area (Å²) >= 11 is 0. The summed E-state index contributed by atoms with van der Waals surface area (Å²) in [6, 6.07) is 0. The van der Waals surface area contributed by atoms with Gasteiger partial charge in [0.2, 0.25) is 0 Å². The molecule has 0 aromatic carbocycles. The molecule has 0 atom stereocenters. The molecule has 0 heterocycles. The van der Waals surface area contributed by atoms with Crippen LogP contribution in [0.15, 0.2) is 0 Å². The van der Waals surface area contributed by atoms with Crippen LogP contribution in [0.4, 0.5) is 0 Å². The van der Waals surface area contributed by atoms with Gasteiger partial charge in [0.05, 0.1) is 0 Å². The average Bonchev–Trinajstić information content (AvgIpc) is 2.43. The van der Waals surface area contributed by atoms with Crippen LogP contribution in [0, 0.1) is 0 Å². The van der Waals surface area contributed by atoms with Gasteiger partial charge >= 0.3 is 0 Å². The van der Waals surface area contributed by atoms with Crippen molar-refractivity contribution in [1.29, 1.82) is 0 Å². The Balaban J connectivity index is 0.000000280. The van der Waals surface area contributed by atoms with Gasteiger partial charge in [-0.05, 0) is 37.0 Å². The van der Waals surface area contributed by atoms with Crippen LogP contribution in [0.2, 0.25) is 0 Å². The standard InChI is InChI=1S/C12H23P.C5H12/c1-3-7-11(8-4-1)13-12-9-5-2-6-10-12;1-3-5-4-2/h11-13H,1-10H2;3-5H2,1-2H3. The Morgan fingerprint density at radius 2 is 1.06 bits per heavy atom. The summed E-state index contributed by atoms with van der Waals surface area (Å²) in [6.45, 7) is 4.42. The summed E-state index contributed by atoms with van der Waals surface area (Å²) in [7, 11) is 1.33. The van der Waals surface area contributed by atoms with Crippen LogP contribution in [-0.2, 0) is 0 Å². The number of hydrogen-bond acceptors (Lipinski definition) is 0.